The molecule has 1 aliphatic rings. The normalized spacial score (nSPS) is 34.6. The summed E-state index contributed by atoms with van der Waals surface area (Å²) in [4.78, 5) is 3.85. The zero-order valence-corrected chi connectivity index (χ0v) is 5.43. The number of rotatable bonds is 3. The van der Waals surface area contributed by atoms with Gasteiger partial charge in [0.05, 0.1) is 0 Å². The second-order valence-corrected chi connectivity index (χ2v) is 2.57. The van der Waals surface area contributed by atoms with E-state index in [-0.39, 0.29) is 0 Å². The highest BCUT2D eigenvalue weighted by Gasteiger charge is 2.34. The van der Waals surface area contributed by atoms with Gasteiger partial charge in [-0.15, -0.1) is 0 Å². The molecule has 1 aliphatic carbocycles. The summed E-state index contributed by atoms with van der Waals surface area (Å²) in [7, 11) is 0. The Kier molecular flexibility index (Phi) is 1.66. The summed E-state index contributed by atoms with van der Waals surface area (Å²) in [6.07, 6.45) is 2.73. The van der Waals surface area contributed by atoms with E-state index in [9.17, 15) is 0 Å². The van der Waals surface area contributed by atoms with Crippen LogP contribution in [0.5, 0.6) is 0 Å². The third-order valence-electron chi connectivity index (χ3n) is 1.96. The van der Waals surface area contributed by atoms with Gasteiger partial charge in [0.2, 0.25) is 0 Å². The highest BCUT2D eigenvalue weighted by atomic mass is 14.7. The van der Waals surface area contributed by atoms with E-state index < -0.39 is 0 Å². The number of hydrogen-bond acceptors (Lipinski definition) is 1. The molecule has 0 N–H and O–H groups in total. The third kappa shape index (κ3) is 1.09. The van der Waals surface area contributed by atoms with Gasteiger partial charge in [0.1, 0.15) is 0 Å². The first kappa shape index (κ1) is 5.80. The molecule has 2 atom stereocenters. The van der Waals surface area contributed by atoms with Crippen LogP contribution >= 0.6 is 0 Å². The summed E-state index contributed by atoms with van der Waals surface area (Å²) < 4.78 is 0. The van der Waals surface area contributed by atoms with Crippen LogP contribution in [0.15, 0.2) is 4.99 Å². The standard InChI is InChI=1S/C7H13N/c1-3-6-4-7(6)5-8-2/h6-7H,2-5H2,1H3. The molecule has 1 heteroatoms. The molecule has 2 unspecified atom stereocenters. The van der Waals surface area contributed by atoms with Crippen LogP contribution in [0.3, 0.4) is 0 Å². The van der Waals surface area contributed by atoms with Crippen molar-refractivity contribution in [2.75, 3.05) is 6.54 Å². The average Bonchev–Trinajstić information content (AvgIpc) is 2.48. The van der Waals surface area contributed by atoms with Crippen LogP contribution in [0.25, 0.3) is 0 Å². The fraction of sp³-hybridized carbons (Fsp3) is 0.857. The van der Waals surface area contributed by atoms with Gasteiger partial charge in [0.25, 0.3) is 0 Å². The maximum atomic E-state index is 3.85. The number of aliphatic imine (C=N–C) groups is 1. The Balaban J connectivity index is 2.07. The largest absolute Gasteiger partial charge is 0.301 e. The molecule has 0 aromatic rings. The minimum atomic E-state index is 0.900. The molecule has 1 nitrogen and oxygen atoms in total. The van der Waals surface area contributed by atoms with Gasteiger partial charge in [-0.25, -0.2) is 0 Å². The van der Waals surface area contributed by atoms with E-state index in [1.165, 1.54) is 12.8 Å². The summed E-state index contributed by atoms with van der Waals surface area (Å²) in [6, 6.07) is 0. The maximum absolute atomic E-state index is 3.85. The first-order valence-electron chi connectivity index (χ1n) is 3.31. The Morgan fingerprint density at radius 2 is 2.38 bits per heavy atom. The Morgan fingerprint density at radius 3 is 2.75 bits per heavy atom. The van der Waals surface area contributed by atoms with Gasteiger partial charge >= 0.3 is 0 Å². The molecule has 0 aromatic heterocycles. The Bertz CT molecular complexity index is 88.4. The quantitative estimate of drug-likeness (QED) is 0.492. The van der Waals surface area contributed by atoms with Crippen molar-refractivity contribution in [2.24, 2.45) is 16.8 Å². The van der Waals surface area contributed by atoms with E-state index in [0.717, 1.165) is 18.4 Å². The van der Waals surface area contributed by atoms with Crippen LogP contribution < -0.4 is 0 Å². The topological polar surface area (TPSA) is 12.4 Å². The molecule has 0 aromatic carbocycles. The fourth-order valence-corrected chi connectivity index (χ4v) is 1.20. The van der Waals surface area contributed by atoms with Gasteiger partial charge in [-0.1, -0.05) is 13.3 Å². The summed E-state index contributed by atoms with van der Waals surface area (Å²) in [5, 5.41) is 0. The Morgan fingerprint density at radius 1 is 1.62 bits per heavy atom. The SMILES string of the molecule is C=NCC1CC1CC. The molecular weight excluding hydrogens is 98.1 g/mol. The monoisotopic (exact) mass is 111 g/mol. The first-order valence-corrected chi connectivity index (χ1v) is 3.31. The van der Waals surface area contributed by atoms with E-state index in [1.807, 2.05) is 0 Å². The van der Waals surface area contributed by atoms with Gasteiger partial charge in [0, 0.05) is 6.54 Å². The number of nitrogens with zero attached hydrogens (tertiary/aromatic N) is 1. The van der Waals surface area contributed by atoms with Gasteiger partial charge in [-0.05, 0) is 25.0 Å². The average molecular weight is 111 g/mol. The van der Waals surface area contributed by atoms with Gasteiger partial charge in [-0.3, -0.25) is 0 Å². The molecule has 1 saturated carbocycles. The highest BCUT2D eigenvalue weighted by molar-refractivity contribution is 5.23. The predicted octanol–water partition coefficient (Wildman–Crippen LogP) is 1.73. The summed E-state index contributed by atoms with van der Waals surface area (Å²) in [5.74, 6) is 1.89. The van der Waals surface area contributed by atoms with E-state index in [4.69, 9.17) is 0 Å². The van der Waals surface area contributed by atoms with Crippen LogP contribution in [-0.4, -0.2) is 13.3 Å². The fourth-order valence-electron chi connectivity index (χ4n) is 1.20. The van der Waals surface area contributed by atoms with Crippen LogP contribution in [0.4, 0.5) is 0 Å². The lowest BCUT2D eigenvalue weighted by molar-refractivity contribution is 0.690. The van der Waals surface area contributed by atoms with Crippen LogP contribution in [-0.2, 0) is 0 Å². The number of hydrogen-bond donors (Lipinski definition) is 0. The zero-order valence-electron chi connectivity index (χ0n) is 5.43. The minimum absolute atomic E-state index is 0.900. The second kappa shape index (κ2) is 2.29. The molecule has 46 valence electrons. The lowest BCUT2D eigenvalue weighted by atomic mass is 10.2. The molecule has 1 fully saturated rings. The van der Waals surface area contributed by atoms with Crippen molar-refractivity contribution in [3.8, 4) is 0 Å². The lowest BCUT2D eigenvalue weighted by Gasteiger charge is -1.87. The lowest BCUT2D eigenvalue weighted by Crippen LogP contribution is -1.84. The molecule has 8 heavy (non-hydrogen) atoms. The molecule has 1 rings (SSSR count). The van der Waals surface area contributed by atoms with Gasteiger partial charge in [0.15, 0.2) is 0 Å². The maximum Gasteiger partial charge on any atom is 0.0413 e. The van der Waals surface area contributed by atoms with Crippen molar-refractivity contribution < 1.29 is 0 Å². The van der Waals surface area contributed by atoms with Gasteiger partial charge in [-0.2, -0.15) is 0 Å². The van der Waals surface area contributed by atoms with Crippen LogP contribution in [0.1, 0.15) is 19.8 Å². The van der Waals surface area contributed by atoms with Crippen molar-refractivity contribution in [2.45, 2.75) is 19.8 Å². The van der Waals surface area contributed by atoms with Crippen molar-refractivity contribution in [1.29, 1.82) is 0 Å². The van der Waals surface area contributed by atoms with E-state index in [0.29, 0.717) is 0 Å². The molecule has 0 bridgehead atoms. The highest BCUT2D eigenvalue weighted by Crippen LogP contribution is 2.40. The first-order chi connectivity index (χ1) is 3.88. The van der Waals surface area contributed by atoms with Crippen molar-refractivity contribution >= 4 is 6.72 Å². The van der Waals surface area contributed by atoms with Gasteiger partial charge < -0.3 is 4.99 Å². The summed E-state index contributed by atoms with van der Waals surface area (Å²) in [5.41, 5.74) is 0. The Labute approximate surface area is 50.8 Å². The van der Waals surface area contributed by atoms with Crippen LogP contribution in [0, 0.1) is 11.8 Å². The predicted molar refractivity (Wildman–Crippen MR) is 36.3 cm³/mol. The van der Waals surface area contributed by atoms with Crippen molar-refractivity contribution in [1.82, 2.24) is 0 Å². The summed E-state index contributed by atoms with van der Waals surface area (Å²) >= 11 is 0. The molecule has 0 radical (unpaired) electrons. The molecule has 0 spiro atoms. The second-order valence-electron chi connectivity index (χ2n) is 2.57. The van der Waals surface area contributed by atoms with Crippen molar-refractivity contribution in [3.63, 3.8) is 0 Å². The van der Waals surface area contributed by atoms with Crippen LogP contribution in [0.2, 0.25) is 0 Å². The molecule has 0 heterocycles. The minimum Gasteiger partial charge on any atom is -0.301 e. The van der Waals surface area contributed by atoms with Crippen molar-refractivity contribution in [3.05, 3.63) is 0 Å². The molecular formula is C7H13N. The third-order valence-corrected chi connectivity index (χ3v) is 1.96. The summed E-state index contributed by atoms with van der Waals surface area (Å²) in [6.45, 7) is 6.70. The molecule has 0 saturated heterocycles. The van der Waals surface area contributed by atoms with E-state index >= 15 is 0 Å². The van der Waals surface area contributed by atoms with E-state index in [2.05, 4.69) is 18.6 Å². The molecule has 0 aliphatic heterocycles. The van der Waals surface area contributed by atoms with E-state index in [1.54, 1.807) is 0 Å². The zero-order chi connectivity index (χ0) is 5.98. The smallest absolute Gasteiger partial charge is 0.0413 e. The Hall–Kier alpha value is -0.330. The molecule has 0 amide bonds.